The van der Waals surface area contributed by atoms with Gasteiger partial charge in [-0.05, 0) is 11.6 Å². The molecule has 2 aliphatic heterocycles. The third-order valence-corrected chi connectivity index (χ3v) is 7.01. The van der Waals surface area contributed by atoms with Gasteiger partial charge >= 0.3 is 23.9 Å². The number of esters is 3. The molecule has 3 N–H and O–H groups in total. The van der Waals surface area contributed by atoms with Gasteiger partial charge in [0, 0.05) is 38.8 Å². The fraction of sp³-hybridized carbons (Fsp3) is 0.391. The number of β-lactam (4-membered cyclic amide) rings is 1. The molecule has 40 heavy (non-hydrogen) atoms. The molecular formula is C23H25N5O10S2. The molecule has 1 saturated heterocycles. The largest absolute Gasteiger partial charge is 0.462 e. The summed E-state index contributed by atoms with van der Waals surface area (Å²) < 4.78 is 14.9. The molecule has 2 aliphatic rings. The second-order valence-electron chi connectivity index (χ2n) is 8.12. The number of thiazole rings is 1. The fourth-order valence-corrected chi connectivity index (χ4v) is 5.37. The lowest BCUT2D eigenvalue weighted by molar-refractivity contribution is -0.182. The van der Waals surface area contributed by atoms with Crippen molar-refractivity contribution in [3.8, 4) is 0 Å². The van der Waals surface area contributed by atoms with E-state index in [1.165, 1.54) is 43.1 Å². The molecule has 2 amide bonds. The Bertz CT molecular complexity index is 1320. The van der Waals surface area contributed by atoms with Crippen molar-refractivity contribution in [3.05, 3.63) is 34.5 Å². The van der Waals surface area contributed by atoms with Crippen molar-refractivity contribution in [1.29, 1.82) is 0 Å². The summed E-state index contributed by atoms with van der Waals surface area (Å²) in [7, 11) is 0. The van der Waals surface area contributed by atoms with Crippen molar-refractivity contribution >= 4 is 69.6 Å². The van der Waals surface area contributed by atoms with E-state index in [1.54, 1.807) is 0 Å². The van der Waals surface area contributed by atoms with Gasteiger partial charge in [0.05, 0.1) is 0 Å². The Kier molecular flexibility index (Phi) is 10.0. The number of fused-ring (bicyclic) bond motifs is 1. The standard InChI is InChI=1S/C23H25N5O10S2/c1-10(29)35-7-5-6-14-8-39-21-17(20(33)28(21)18(14)22(34)37-13(4)36-11(2)30)26-19(32)16(27-38-12(3)31)15-9-40-23(24)25-15/h5-6,9,13,17,21H,7-8H2,1-4H3,(H2,24,25)(H,26,32)/b6-5-,27-16-. The van der Waals surface area contributed by atoms with Crippen molar-refractivity contribution in [3.63, 3.8) is 0 Å². The van der Waals surface area contributed by atoms with Crippen LogP contribution in [0.25, 0.3) is 0 Å². The second kappa shape index (κ2) is 13.2. The van der Waals surface area contributed by atoms with E-state index in [1.807, 2.05) is 0 Å². The zero-order valence-corrected chi connectivity index (χ0v) is 23.3. The van der Waals surface area contributed by atoms with Gasteiger partial charge in [-0.3, -0.25) is 24.1 Å². The minimum atomic E-state index is -1.24. The lowest BCUT2D eigenvalue weighted by Crippen LogP contribution is -2.71. The molecule has 1 aromatic rings. The average Bonchev–Trinajstić information content (AvgIpc) is 3.29. The second-order valence-corrected chi connectivity index (χ2v) is 10.1. The van der Waals surface area contributed by atoms with Crippen LogP contribution in [-0.2, 0) is 47.8 Å². The topological polar surface area (TPSA) is 206 Å². The SMILES string of the molecule is CC(=O)OC/C=C\C1=C(C(=O)OC(C)OC(C)=O)N2C(=O)C(NC(=O)/C(=N\OC(C)=O)c3csc(N)n3)C2SC1. The van der Waals surface area contributed by atoms with Gasteiger partial charge in [0.1, 0.15) is 29.4 Å². The molecule has 0 bridgehead atoms. The van der Waals surface area contributed by atoms with E-state index in [2.05, 4.69) is 20.3 Å². The number of nitrogens with two attached hydrogens (primary N) is 1. The van der Waals surface area contributed by atoms with Crippen molar-refractivity contribution in [2.75, 3.05) is 18.1 Å². The van der Waals surface area contributed by atoms with E-state index in [9.17, 15) is 28.8 Å². The van der Waals surface area contributed by atoms with Crippen LogP contribution in [0.2, 0.25) is 0 Å². The highest BCUT2D eigenvalue weighted by Crippen LogP contribution is 2.41. The van der Waals surface area contributed by atoms with Crippen molar-refractivity contribution in [2.24, 2.45) is 5.16 Å². The van der Waals surface area contributed by atoms with Crippen LogP contribution in [0.4, 0.5) is 5.13 Å². The normalized spacial score (nSPS) is 19.4. The molecule has 0 radical (unpaired) electrons. The number of nitrogens with one attached hydrogen (secondary N) is 1. The summed E-state index contributed by atoms with van der Waals surface area (Å²) in [5, 5.41) is 6.94. The number of amides is 2. The number of rotatable bonds is 10. The van der Waals surface area contributed by atoms with Crippen molar-refractivity contribution in [2.45, 2.75) is 45.4 Å². The van der Waals surface area contributed by atoms with Gasteiger partial charge in [-0.15, -0.1) is 23.1 Å². The summed E-state index contributed by atoms with van der Waals surface area (Å²) in [6.45, 7) is 4.74. The number of anilines is 1. The van der Waals surface area contributed by atoms with E-state index in [0.29, 0.717) is 5.57 Å². The molecule has 214 valence electrons. The van der Waals surface area contributed by atoms with E-state index in [-0.39, 0.29) is 34.6 Å². The molecule has 17 heteroatoms. The van der Waals surface area contributed by atoms with Crippen LogP contribution in [0.3, 0.4) is 0 Å². The zero-order chi connectivity index (χ0) is 29.6. The number of hydrogen-bond acceptors (Lipinski definition) is 15. The maximum atomic E-state index is 13.2. The maximum absolute atomic E-state index is 13.2. The molecule has 0 aromatic carbocycles. The number of hydrogen-bond donors (Lipinski definition) is 2. The third kappa shape index (κ3) is 7.44. The minimum absolute atomic E-state index is 0.0324. The number of thioether (sulfide) groups is 1. The molecule has 0 saturated carbocycles. The van der Waals surface area contributed by atoms with Crippen LogP contribution in [-0.4, -0.2) is 81.4 Å². The van der Waals surface area contributed by atoms with Gasteiger partial charge in [0.2, 0.25) is 6.29 Å². The first-order valence-corrected chi connectivity index (χ1v) is 13.5. The summed E-state index contributed by atoms with van der Waals surface area (Å²) in [4.78, 5) is 82.6. The van der Waals surface area contributed by atoms with Crippen molar-refractivity contribution in [1.82, 2.24) is 15.2 Å². The molecular weight excluding hydrogens is 570 g/mol. The Balaban J connectivity index is 1.84. The molecule has 0 spiro atoms. The lowest BCUT2D eigenvalue weighted by Gasteiger charge is -2.49. The number of oxime groups is 1. The summed E-state index contributed by atoms with van der Waals surface area (Å²) in [6, 6.07) is -1.09. The van der Waals surface area contributed by atoms with Crippen LogP contribution >= 0.6 is 23.1 Å². The van der Waals surface area contributed by atoms with Crippen LogP contribution in [0.1, 0.15) is 33.4 Å². The average molecular weight is 596 g/mol. The molecule has 3 atom stereocenters. The molecule has 3 unspecified atom stereocenters. The first kappa shape index (κ1) is 30.3. The predicted octanol–water partition coefficient (Wildman–Crippen LogP) is 0.218. The molecule has 0 aliphatic carbocycles. The highest BCUT2D eigenvalue weighted by atomic mass is 32.2. The Hall–Kier alpha value is -4.25. The summed E-state index contributed by atoms with van der Waals surface area (Å²) in [5.74, 6) is -4.21. The van der Waals surface area contributed by atoms with Crippen molar-refractivity contribution < 1.29 is 47.8 Å². The maximum Gasteiger partial charge on any atom is 0.358 e. The molecule has 3 rings (SSSR count). The number of carbonyl (C=O) groups excluding carboxylic acids is 6. The zero-order valence-electron chi connectivity index (χ0n) is 21.7. The summed E-state index contributed by atoms with van der Waals surface area (Å²) >= 11 is 2.27. The molecule has 3 heterocycles. The number of allylic oxidation sites excluding steroid dienone is 1. The Morgan fingerprint density at radius 2 is 1.93 bits per heavy atom. The van der Waals surface area contributed by atoms with E-state index < -0.39 is 53.4 Å². The van der Waals surface area contributed by atoms with Crippen LogP contribution in [0.15, 0.2) is 34.0 Å². The van der Waals surface area contributed by atoms with Gasteiger partial charge in [0.25, 0.3) is 11.8 Å². The third-order valence-electron chi connectivity index (χ3n) is 5.03. The first-order valence-electron chi connectivity index (χ1n) is 11.5. The lowest BCUT2D eigenvalue weighted by atomic mass is 10.0. The van der Waals surface area contributed by atoms with Crippen LogP contribution in [0, 0.1) is 0 Å². The quantitative estimate of drug-likeness (QED) is 0.0928. The highest BCUT2D eigenvalue weighted by Gasteiger charge is 2.54. The Morgan fingerprint density at radius 3 is 2.52 bits per heavy atom. The van der Waals surface area contributed by atoms with E-state index >= 15 is 0 Å². The number of nitrogens with zero attached hydrogens (tertiary/aromatic N) is 3. The Labute approximate surface area is 235 Å². The fourth-order valence-electron chi connectivity index (χ4n) is 3.50. The van der Waals surface area contributed by atoms with E-state index in [4.69, 9.17) is 19.9 Å². The summed E-state index contributed by atoms with van der Waals surface area (Å²) in [5.41, 5.74) is 5.54. The Morgan fingerprint density at radius 1 is 1.20 bits per heavy atom. The molecule has 15 nitrogen and oxygen atoms in total. The molecule has 1 fully saturated rings. The number of nitrogen functional groups attached to an aromatic ring is 1. The van der Waals surface area contributed by atoms with Gasteiger partial charge in [-0.1, -0.05) is 11.2 Å². The summed E-state index contributed by atoms with van der Waals surface area (Å²) in [6.07, 6.45) is 1.75. The monoisotopic (exact) mass is 595 g/mol. The number of aromatic nitrogens is 1. The number of carbonyl (C=O) groups is 6. The highest BCUT2D eigenvalue weighted by molar-refractivity contribution is 8.00. The van der Waals surface area contributed by atoms with Gasteiger partial charge < -0.3 is 30.1 Å². The smallest absolute Gasteiger partial charge is 0.358 e. The predicted molar refractivity (Wildman–Crippen MR) is 140 cm³/mol. The van der Waals surface area contributed by atoms with E-state index in [0.717, 1.165) is 30.1 Å². The first-order chi connectivity index (χ1) is 18.9. The number of ether oxygens (including phenoxy) is 3. The van der Waals surface area contributed by atoms with Crippen LogP contribution < -0.4 is 11.1 Å². The molecule has 1 aromatic heterocycles. The van der Waals surface area contributed by atoms with Gasteiger partial charge in [0.15, 0.2) is 10.8 Å². The van der Waals surface area contributed by atoms with Gasteiger partial charge in [-0.25, -0.2) is 14.6 Å². The van der Waals surface area contributed by atoms with Crippen LogP contribution in [0.5, 0.6) is 0 Å². The van der Waals surface area contributed by atoms with Gasteiger partial charge in [-0.2, -0.15) is 0 Å². The minimum Gasteiger partial charge on any atom is -0.462 e.